The molecule has 4 heteroatoms. The molecule has 0 spiro atoms. The summed E-state index contributed by atoms with van der Waals surface area (Å²) in [6.45, 7) is 4.84. The lowest BCUT2D eigenvalue weighted by Gasteiger charge is -1.95. The Hall–Kier alpha value is -0.740. The summed E-state index contributed by atoms with van der Waals surface area (Å²) in [7, 11) is 1.63. The molecule has 64 valence electrons. The van der Waals surface area contributed by atoms with E-state index in [2.05, 4.69) is 15.5 Å². The van der Waals surface area contributed by atoms with Crippen molar-refractivity contribution in [3.05, 3.63) is 11.8 Å². The molecule has 0 aromatic carbocycles. The zero-order valence-electron chi connectivity index (χ0n) is 7.29. The van der Waals surface area contributed by atoms with E-state index in [9.17, 15) is 0 Å². The summed E-state index contributed by atoms with van der Waals surface area (Å²) in [5, 5.41) is 10.6. The first-order valence-electron chi connectivity index (χ1n) is 3.51. The second kappa shape index (κ2) is 7.37. The van der Waals surface area contributed by atoms with Gasteiger partial charge in [-0.15, -0.1) is 0 Å². The molecule has 0 heterocycles. The first kappa shape index (κ1) is 10.3. The van der Waals surface area contributed by atoms with Gasteiger partial charge in [-0.3, -0.25) is 5.32 Å². The monoisotopic (exact) mass is 157 g/mol. The molecule has 0 saturated carbocycles. The molecule has 4 nitrogen and oxygen atoms in total. The van der Waals surface area contributed by atoms with Crippen molar-refractivity contribution in [2.75, 3.05) is 20.5 Å². The molecule has 0 rings (SSSR count). The van der Waals surface area contributed by atoms with E-state index in [1.54, 1.807) is 7.11 Å². The molecule has 0 atom stereocenters. The number of ether oxygens (including phenoxy) is 1. The maximum Gasteiger partial charge on any atom is 0.112 e. The van der Waals surface area contributed by atoms with Gasteiger partial charge in [-0.1, -0.05) is 6.08 Å². The molecule has 0 saturated heterocycles. The minimum atomic E-state index is 0.499. The van der Waals surface area contributed by atoms with E-state index >= 15 is 0 Å². The molecular weight excluding hydrogens is 142 g/mol. The number of nitrogens with one attached hydrogen (secondary N) is 1. The smallest absolute Gasteiger partial charge is 0.112 e. The van der Waals surface area contributed by atoms with E-state index in [1.807, 2.05) is 19.9 Å². The number of allylic oxidation sites excluding steroid dienone is 2. The van der Waals surface area contributed by atoms with Crippen LogP contribution in [0.15, 0.2) is 22.0 Å². The predicted molar refractivity (Wildman–Crippen MR) is 44.2 cm³/mol. The number of azo groups is 1. The highest BCUT2D eigenvalue weighted by atomic mass is 16.5. The Kier molecular flexibility index (Phi) is 6.87. The fourth-order valence-corrected chi connectivity index (χ4v) is 0.402. The number of hydrogen-bond donors (Lipinski definition) is 1. The second-order valence-corrected chi connectivity index (χ2v) is 2.01. The van der Waals surface area contributed by atoms with E-state index in [-0.39, 0.29) is 0 Å². The summed E-state index contributed by atoms with van der Waals surface area (Å²) in [5.74, 6) is 0. The zero-order valence-corrected chi connectivity index (χ0v) is 7.29. The third-order valence-electron chi connectivity index (χ3n) is 1.08. The van der Waals surface area contributed by atoms with Crippen molar-refractivity contribution in [2.45, 2.75) is 13.8 Å². The maximum atomic E-state index is 4.75. The Morgan fingerprint density at radius 3 is 2.91 bits per heavy atom. The van der Waals surface area contributed by atoms with Gasteiger partial charge in [0, 0.05) is 7.11 Å². The van der Waals surface area contributed by atoms with Gasteiger partial charge in [-0.05, 0) is 13.8 Å². The molecule has 0 fully saturated rings. The van der Waals surface area contributed by atoms with Crippen LogP contribution in [0.2, 0.25) is 0 Å². The van der Waals surface area contributed by atoms with Crippen molar-refractivity contribution < 1.29 is 4.74 Å². The lowest BCUT2D eigenvalue weighted by atomic mass is 10.5. The van der Waals surface area contributed by atoms with Crippen molar-refractivity contribution in [3.63, 3.8) is 0 Å². The topological polar surface area (TPSA) is 46.0 Å². The molecule has 0 radical (unpaired) electrons. The minimum Gasteiger partial charge on any atom is -0.369 e. The van der Waals surface area contributed by atoms with Crippen molar-refractivity contribution in [1.82, 2.24) is 5.32 Å². The van der Waals surface area contributed by atoms with Crippen molar-refractivity contribution in [1.29, 1.82) is 0 Å². The summed E-state index contributed by atoms with van der Waals surface area (Å²) in [4.78, 5) is 0. The summed E-state index contributed by atoms with van der Waals surface area (Å²) < 4.78 is 4.75. The number of nitrogens with zero attached hydrogens (tertiary/aromatic N) is 2. The van der Waals surface area contributed by atoms with Crippen molar-refractivity contribution in [3.8, 4) is 0 Å². The average Bonchev–Trinajstić information content (AvgIpc) is 2.04. The van der Waals surface area contributed by atoms with Gasteiger partial charge in [-0.2, -0.15) is 10.2 Å². The van der Waals surface area contributed by atoms with Gasteiger partial charge in [0.1, 0.15) is 6.67 Å². The molecule has 0 aromatic heterocycles. The van der Waals surface area contributed by atoms with E-state index in [0.717, 1.165) is 5.70 Å². The molecule has 0 aliphatic rings. The standard InChI is InChI=1S/C7H15N3O/c1-4-7(2)10-9-5-8-6-11-3/h4,8H,5-6H2,1-3H3/b7-4-,10-9?. The maximum absolute atomic E-state index is 4.75. The first-order valence-corrected chi connectivity index (χ1v) is 3.51. The third kappa shape index (κ3) is 7.15. The molecular formula is C7H15N3O. The van der Waals surface area contributed by atoms with Crippen LogP contribution < -0.4 is 5.32 Å². The van der Waals surface area contributed by atoms with Crippen LogP contribution in [0, 0.1) is 0 Å². The van der Waals surface area contributed by atoms with Crippen LogP contribution >= 0.6 is 0 Å². The lowest BCUT2D eigenvalue weighted by Crippen LogP contribution is -2.15. The molecule has 0 amide bonds. The third-order valence-corrected chi connectivity index (χ3v) is 1.08. The average molecular weight is 157 g/mol. The number of rotatable bonds is 5. The molecule has 1 N–H and O–H groups in total. The molecule has 0 aliphatic carbocycles. The van der Waals surface area contributed by atoms with E-state index in [0.29, 0.717) is 13.4 Å². The first-order chi connectivity index (χ1) is 5.31. The Morgan fingerprint density at radius 2 is 2.36 bits per heavy atom. The summed E-state index contributed by atoms with van der Waals surface area (Å²) in [6.07, 6.45) is 1.90. The van der Waals surface area contributed by atoms with Crippen molar-refractivity contribution >= 4 is 0 Å². The van der Waals surface area contributed by atoms with Crippen LogP contribution in [0.3, 0.4) is 0 Å². The largest absolute Gasteiger partial charge is 0.369 e. The Labute approximate surface area is 67.3 Å². The number of hydrogen-bond acceptors (Lipinski definition) is 4. The van der Waals surface area contributed by atoms with Crippen LogP contribution in [0.4, 0.5) is 0 Å². The molecule has 0 aliphatic heterocycles. The minimum absolute atomic E-state index is 0.499. The van der Waals surface area contributed by atoms with Crippen LogP contribution in [-0.4, -0.2) is 20.5 Å². The van der Waals surface area contributed by atoms with Gasteiger partial charge in [0.15, 0.2) is 0 Å². The molecule has 0 unspecified atom stereocenters. The summed E-state index contributed by atoms with van der Waals surface area (Å²) >= 11 is 0. The Bertz CT molecular complexity index is 143. The highest BCUT2D eigenvalue weighted by molar-refractivity contribution is 4.90. The highest BCUT2D eigenvalue weighted by Crippen LogP contribution is 1.92. The normalized spacial score (nSPS) is 12.8. The second-order valence-electron chi connectivity index (χ2n) is 2.01. The fraction of sp³-hybridized carbons (Fsp3) is 0.714. The number of methoxy groups -OCH3 is 1. The van der Waals surface area contributed by atoms with Gasteiger partial charge in [0.05, 0.1) is 12.4 Å². The molecule has 11 heavy (non-hydrogen) atoms. The van der Waals surface area contributed by atoms with Gasteiger partial charge < -0.3 is 4.74 Å². The van der Waals surface area contributed by atoms with Crippen LogP contribution in [0.5, 0.6) is 0 Å². The van der Waals surface area contributed by atoms with Crippen molar-refractivity contribution in [2.24, 2.45) is 10.2 Å². The Morgan fingerprint density at radius 1 is 1.64 bits per heavy atom. The van der Waals surface area contributed by atoms with Crippen LogP contribution in [-0.2, 0) is 4.74 Å². The molecule has 0 bridgehead atoms. The van der Waals surface area contributed by atoms with Crippen LogP contribution in [0.1, 0.15) is 13.8 Å². The Balaban J connectivity index is 3.30. The zero-order chi connectivity index (χ0) is 8.53. The fourth-order valence-electron chi connectivity index (χ4n) is 0.402. The lowest BCUT2D eigenvalue weighted by molar-refractivity contribution is 0.176. The van der Waals surface area contributed by atoms with Gasteiger partial charge in [-0.25, -0.2) is 0 Å². The summed E-state index contributed by atoms with van der Waals surface area (Å²) in [5.41, 5.74) is 0.921. The predicted octanol–water partition coefficient (Wildman–Crippen LogP) is 1.51. The van der Waals surface area contributed by atoms with Gasteiger partial charge >= 0.3 is 0 Å². The molecule has 0 aromatic rings. The van der Waals surface area contributed by atoms with Crippen LogP contribution in [0.25, 0.3) is 0 Å². The van der Waals surface area contributed by atoms with E-state index in [4.69, 9.17) is 4.74 Å². The SMILES string of the molecule is C/C=C(/C)N=NCNCOC. The van der Waals surface area contributed by atoms with E-state index < -0.39 is 0 Å². The highest BCUT2D eigenvalue weighted by Gasteiger charge is 1.80. The van der Waals surface area contributed by atoms with E-state index in [1.165, 1.54) is 0 Å². The summed E-state index contributed by atoms with van der Waals surface area (Å²) in [6, 6.07) is 0. The van der Waals surface area contributed by atoms with Gasteiger partial charge in [0.2, 0.25) is 0 Å². The van der Waals surface area contributed by atoms with Gasteiger partial charge in [0.25, 0.3) is 0 Å². The quantitative estimate of drug-likeness (QED) is 0.373.